The van der Waals surface area contributed by atoms with Gasteiger partial charge in [0.2, 0.25) is 0 Å². The van der Waals surface area contributed by atoms with Crippen molar-refractivity contribution in [3.05, 3.63) is 29.7 Å². The van der Waals surface area contributed by atoms with Crippen molar-refractivity contribution in [3.8, 4) is 0 Å². The van der Waals surface area contributed by atoms with E-state index in [2.05, 4.69) is 11.9 Å². The highest BCUT2D eigenvalue weighted by atomic mass is 35.5. The Hall–Kier alpha value is -1.26. The number of halogens is 1. The van der Waals surface area contributed by atoms with Crippen LogP contribution in [0, 0.1) is 5.92 Å². The first-order valence-electron chi connectivity index (χ1n) is 8.76. The molecule has 1 aromatic heterocycles. The molecule has 3 heterocycles. The fourth-order valence-electron chi connectivity index (χ4n) is 4.66. The molecule has 0 aromatic carbocycles. The van der Waals surface area contributed by atoms with Crippen LogP contribution in [0.25, 0.3) is 5.03 Å². The van der Waals surface area contributed by atoms with Gasteiger partial charge in [-0.3, -0.25) is 4.79 Å². The van der Waals surface area contributed by atoms with Crippen molar-refractivity contribution >= 4 is 22.6 Å². The fourth-order valence-corrected chi connectivity index (χ4v) is 4.93. The second-order valence-electron chi connectivity index (χ2n) is 7.96. The summed E-state index contributed by atoms with van der Waals surface area (Å²) in [4.78, 5) is 15.4. The van der Waals surface area contributed by atoms with Gasteiger partial charge in [0.15, 0.2) is 0 Å². The minimum Gasteiger partial charge on any atom is -0.463 e. The lowest BCUT2D eigenvalue weighted by Gasteiger charge is -2.38. The van der Waals surface area contributed by atoms with Crippen LogP contribution in [-0.4, -0.2) is 36.1 Å². The van der Waals surface area contributed by atoms with Gasteiger partial charge < -0.3 is 14.1 Å². The molecule has 2 fully saturated rings. The Bertz CT molecular complexity index is 679. The number of carbonyl (C=O) groups is 1. The third-order valence-electron chi connectivity index (χ3n) is 6.26. The van der Waals surface area contributed by atoms with E-state index in [0.29, 0.717) is 22.9 Å². The fraction of sp³-hybridized carbons (Fsp3) is 0.632. The summed E-state index contributed by atoms with van der Waals surface area (Å²) >= 11 is 6.33. The van der Waals surface area contributed by atoms with Crippen LogP contribution in [0.4, 0.5) is 0 Å². The molecule has 2 saturated heterocycles. The summed E-state index contributed by atoms with van der Waals surface area (Å²) in [5, 5.41) is 0.500. The molecule has 130 valence electrons. The minimum atomic E-state index is -0.387. The number of fused-ring (bicyclic) bond motifs is 3. The summed E-state index contributed by atoms with van der Waals surface area (Å²) in [5.74, 6) is 0.120. The van der Waals surface area contributed by atoms with Crippen LogP contribution in [0.15, 0.2) is 22.8 Å². The summed E-state index contributed by atoms with van der Waals surface area (Å²) < 4.78 is 11.4. The van der Waals surface area contributed by atoms with Crippen LogP contribution in [-0.2, 0) is 14.9 Å². The van der Waals surface area contributed by atoms with E-state index in [-0.39, 0.29) is 23.4 Å². The first kappa shape index (κ1) is 16.2. The van der Waals surface area contributed by atoms with Crippen LogP contribution in [0.3, 0.4) is 0 Å². The molecule has 24 heavy (non-hydrogen) atoms. The summed E-state index contributed by atoms with van der Waals surface area (Å²) in [5.41, 5.74) is 0.586. The van der Waals surface area contributed by atoms with Gasteiger partial charge in [-0.15, -0.1) is 0 Å². The zero-order chi connectivity index (χ0) is 17.1. The number of nitrogens with zero attached hydrogens (tertiary/aromatic N) is 1. The van der Waals surface area contributed by atoms with E-state index in [0.717, 1.165) is 18.4 Å². The van der Waals surface area contributed by atoms with Crippen molar-refractivity contribution in [3.63, 3.8) is 0 Å². The molecule has 4 nitrogen and oxygen atoms in total. The summed E-state index contributed by atoms with van der Waals surface area (Å²) in [6.45, 7) is 4.09. The van der Waals surface area contributed by atoms with E-state index in [1.54, 1.807) is 12.3 Å². The molecule has 1 aliphatic carbocycles. The Morgan fingerprint density at radius 3 is 2.67 bits per heavy atom. The van der Waals surface area contributed by atoms with E-state index in [9.17, 15) is 4.79 Å². The highest BCUT2D eigenvalue weighted by Gasteiger charge is 2.45. The summed E-state index contributed by atoms with van der Waals surface area (Å²) in [6, 6.07) is 3.02. The Labute approximate surface area is 147 Å². The van der Waals surface area contributed by atoms with E-state index < -0.39 is 0 Å². The molecule has 3 aliphatic rings. The monoisotopic (exact) mass is 349 g/mol. The highest BCUT2D eigenvalue weighted by Crippen LogP contribution is 2.45. The topological polar surface area (TPSA) is 42.7 Å². The van der Waals surface area contributed by atoms with Gasteiger partial charge in [-0.05, 0) is 44.9 Å². The Morgan fingerprint density at radius 2 is 2.00 bits per heavy atom. The third-order valence-corrected chi connectivity index (χ3v) is 6.56. The number of piperidine rings is 1. The summed E-state index contributed by atoms with van der Waals surface area (Å²) in [7, 11) is 2.19. The Kier molecular flexibility index (Phi) is 3.81. The zero-order valence-corrected chi connectivity index (χ0v) is 15.2. The number of rotatable bonds is 2. The molecule has 0 amide bonds. The zero-order valence-electron chi connectivity index (χ0n) is 14.4. The maximum absolute atomic E-state index is 12.9. The normalized spacial score (nSPS) is 34.6. The number of ether oxygens (including phenoxy) is 1. The van der Waals surface area contributed by atoms with Crippen LogP contribution in [0.1, 0.15) is 50.9 Å². The molecule has 2 unspecified atom stereocenters. The van der Waals surface area contributed by atoms with E-state index >= 15 is 0 Å². The van der Waals surface area contributed by atoms with Gasteiger partial charge in [0.05, 0.1) is 17.2 Å². The van der Waals surface area contributed by atoms with Crippen molar-refractivity contribution in [2.45, 2.75) is 63.1 Å². The molecule has 0 spiro atoms. The number of hydrogen-bond donors (Lipinski definition) is 0. The highest BCUT2D eigenvalue weighted by molar-refractivity contribution is 6.48. The summed E-state index contributed by atoms with van der Waals surface area (Å²) in [6.07, 6.45) is 7.77. The van der Waals surface area contributed by atoms with Crippen molar-refractivity contribution < 1.29 is 13.9 Å². The Morgan fingerprint density at radius 1 is 1.33 bits per heavy atom. The molecule has 2 aliphatic heterocycles. The van der Waals surface area contributed by atoms with E-state index in [1.807, 2.05) is 19.9 Å². The second-order valence-corrected chi connectivity index (χ2v) is 8.37. The van der Waals surface area contributed by atoms with Gasteiger partial charge >= 0.3 is 5.97 Å². The first-order chi connectivity index (χ1) is 11.4. The lowest BCUT2D eigenvalue weighted by molar-refractivity contribution is -0.157. The number of furan rings is 1. The molecular formula is C19H24ClNO3. The van der Waals surface area contributed by atoms with Crippen molar-refractivity contribution in [1.29, 1.82) is 0 Å². The maximum Gasteiger partial charge on any atom is 0.314 e. The number of hydrogen-bond acceptors (Lipinski definition) is 4. The van der Waals surface area contributed by atoms with Crippen LogP contribution >= 0.6 is 11.6 Å². The predicted octanol–water partition coefficient (Wildman–Crippen LogP) is 3.94. The molecular weight excluding hydrogens is 326 g/mol. The Balaban J connectivity index is 1.52. The molecule has 0 saturated carbocycles. The van der Waals surface area contributed by atoms with Gasteiger partial charge in [-0.1, -0.05) is 25.4 Å². The van der Waals surface area contributed by atoms with Crippen molar-refractivity contribution in [1.82, 2.24) is 4.90 Å². The largest absolute Gasteiger partial charge is 0.463 e. The van der Waals surface area contributed by atoms with Gasteiger partial charge in [-0.25, -0.2) is 0 Å². The molecule has 0 radical (unpaired) electrons. The molecule has 5 heteroatoms. The van der Waals surface area contributed by atoms with Crippen molar-refractivity contribution in [2.75, 3.05) is 7.05 Å². The molecule has 2 bridgehead atoms. The average molecular weight is 350 g/mol. The van der Waals surface area contributed by atoms with Crippen LogP contribution < -0.4 is 0 Å². The lowest BCUT2D eigenvalue weighted by atomic mass is 9.70. The minimum absolute atomic E-state index is 0.0277. The smallest absolute Gasteiger partial charge is 0.314 e. The van der Waals surface area contributed by atoms with Gasteiger partial charge in [-0.2, -0.15) is 0 Å². The van der Waals surface area contributed by atoms with Gasteiger partial charge in [0, 0.05) is 23.1 Å². The molecule has 1 aromatic rings. The van der Waals surface area contributed by atoms with Crippen molar-refractivity contribution in [2.24, 2.45) is 5.92 Å². The van der Waals surface area contributed by atoms with Gasteiger partial charge in [0.1, 0.15) is 11.9 Å². The molecule has 4 rings (SSSR count). The molecule has 4 atom stereocenters. The average Bonchev–Trinajstić information content (AvgIpc) is 3.08. The van der Waals surface area contributed by atoms with Crippen LogP contribution in [0.2, 0.25) is 0 Å². The number of carbonyl (C=O) groups excluding carboxylic acids is 1. The van der Waals surface area contributed by atoms with Gasteiger partial charge in [0.25, 0.3) is 0 Å². The lowest BCUT2D eigenvalue weighted by Crippen LogP contribution is -2.45. The maximum atomic E-state index is 12.9. The quantitative estimate of drug-likeness (QED) is 0.758. The SMILES string of the molecule is CN1[C@@H]2CC[C@H]1CC(OC(=O)C1C=C(Cl)c3occc3C1(C)C)C2. The second kappa shape index (κ2) is 5.63. The van der Waals surface area contributed by atoms with Crippen LogP contribution in [0.5, 0.6) is 0 Å². The van der Waals surface area contributed by atoms with E-state index in [4.69, 9.17) is 20.8 Å². The third kappa shape index (κ3) is 2.42. The molecule has 0 N–H and O–H groups in total. The predicted molar refractivity (Wildman–Crippen MR) is 92.7 cm³/mol. The number of esters is 1. The standard InChI is InChI=1S/C19H24ClNO3/c1-19(2)14-6-7-23-17(14)16(20)10-15(19)18(22)24-13-8-11-4-5-12(9-13)21(11)3/h6-7,10-13,15H,4-5,8-9H2,1-3H3/t11-,12+,13?,15?. The first-order valence-corrected chi connectivity index (χ1v) is 9.14. The van der Waals surface area contributed by atoms with E-state index in [1.165, 1.54) is 12.8 Å².